The van der Waals surface area contributed by atoms with Gasteiger partial charge in [-0.25, -0.2) is 0 Å². The predicted octanol–water partition coefficient (Wildman–Crippen LogP) is 2.43. The molecule has 1 fully saturated rings. The van der Waals surface area contributed by atoms with E-state index < -0.39 is 5.54 Å². The van der Waals surface area contributed by atoms with Crippen LogP contribution in [0.1, 0.15) is 18.7 Å². The lowest BCUT2D eigenvalue weighted by atomic mass is 10.2. The molecule has 5 heteroatoms. The van der Waals surface area contributed by atoms with Gasteiger partial charge in [0, 0.05) is 5.39 Å². The second kappa shape index (κ2) is 3.20. The molecular formula is C13H11N3O2. The molecule has 1 aliphatic rings. The highest BCUT2D eigenvalue weighted by molar-refractivity contribution is 5.91. The third kappa shape index (κ3) is 1.31. The van der Waals surface area contributed by atoms with Crippen LogP contribution in [0.25, 0.3) is 22.4 Å². The Kier molecular flexibility index (Phi) is 1.75. The summed E-state index contributed by atoms with van der Waals surface area (Å²) in [6.45, 7) is 0. The van der Waals surface area contributed by atoms with Gasteiger partial charge in [0.15, 0.2) is 0 Å². The van der Waals surface area contributed by atoms with Crippen molar-refractivity contribution in [3.63, 3.8) is 0 Å². The minimum atomic E-state index is -0.398. The number of nitrogens with two attached hydrogens (primary N) is 1. The summed E-state index contributed by atoms with van der Waals surface area (Å²) in [5.74, 6) is 1.05. The number of hydrogen-bond acceptors (Lipinski definition) is 5. The van der Waals surface area contributed by atoms with E-state index in [1.165, 1.54) is 0 Å². The Bertz CT molecular complexity index is 725. The van der Waals surface area contributed by atoms with Gasteiger partial charge in [-0.1, -0.05) is 23.4 Å². The lowest BCUT2D eigenvalue weighted by Gasteiger charge is -1.97. The fourth-order valence-electron chi connectivity index (χ4n) is 2.03. The van der Waals surface area contributed by atoms with Crippen LogP contribution in [-0.2, 0) is 5.54 Å². The molecule has 0 amide bonds. The number of nitrogens with zero attached hydrogens (tertiary/aromatic N) is 2. The maximum atomic E-state index is 6.03. The van der Waals surface area contributed by atoms with Crippen LogP contribution in [0, 0.1) is 0 Å². The van der Waals surface area contributed by atoms with Gasteiger partial charge in [0.25, 0.3) is 0 Å². The molecule has 0 atom stereocenters. The average Bonchev–Trinajstić information content (AvgIpc) is 2.86. The molecule has 0 spiro atoms. The van der Waals surface area contributed by atoms with Crippen LogP contribution in [0.4, 0.5) is 0 Å². The Morgan fingerprint density at radius 3 is 2.89 bits per heavy atom. The molecule has 1 saturated carbocycles. The predicted molar refractivity (Wildman–Crippen MR) is 64.6 cm³/mol. The molecule has 1 aliphatic carbocycles. The molecule has 2 heterocycles. The molecule has 3 aromatic rings. The molecule has 0 bridgehead atoms. The van der Waals surface area contributed by atoms with Gasteiger partial charge in [-0.05, 0) is 18.9 Å². The highest BCUT2D eigenvalue weighted by atomic mass is 16.5. The third-order valence-corrected chi connectivity index (χ3v) is 3.36. The third-order valence-electron chi connectivity index (χ3n) is 3.36. The number of furan rings is 1. The molecule has 18 heavy (non-hydrogen) atoms. The van der Waals surface area contributed by atoms with Gasteiger partial charge in [0.05, 0.1) is 11.1 Å². The van der Waals surface area contributed by atoms with Crippen LogP contribution in [0.2, 0.25) is 0 Å². The Morgan fingerprint density at radius 2 is 2.06 bits per heavy atom. The summed E-state index contributed by atoms with van der Waals surface area (Å²) < 4.78 is 10.7. The first-order chi connectivity index (χ1) is 8.76. The average molecular weight is 241 g/mol. The maximum Gasteiger partial charge on any atom is 0.247 e. The van der Waals surface area contributed by atoms with Crippen molar-refractivity contribution in [2.75, 3.05) is 0 Å². The van der Waals surface area contributed by atoms with Crippen molar-refractivity contribution in [2.24, 2.45) is 5.73 Å². The summed E-state index contributed by atoms with van der Waals surface area (Å²) in [5, 5.41) is 4.97. The maximum absolute atomic E-state index is 6.03. The zero-order chi connectivity index (χ0) is 12.2. The van der Waals surface area contributed by atoms with Gasteiger partial charge in [0.1, 0.15) is 11.8 Å². The Labute approximate surface area is 103 Å². The summed E-state index contributed by atoms with van der Waals surface area (Å²) in [7, 11) is 0. The van der Waals surface area contributed by atoms with Crippen molar-refractivity contribution < 1.29 is 8.94 Å². The van der Waals surface area contributed by atoms with Crippen molar-refractivity contribution >= 4 is 11.0 Å². The van der Waals surface area contributed by atoms with Crippen molar-refractivity contribution in [3.05, 3.63) is 36.4 Å². The van der Waals surface area contributed by atoms with E-state index >= 15 is 0 Å². The first-order valence-electron chi connectivity index (χ1n) is 5.86. The minimum absolute atomic E-state index is 0.398. The van der Waals surface area contributed by atoms with E-state index in [9.17, 15) is 0 Å². The van der Waals surface area contributed by atoms with E-state index in [2.05, 4.69) is 10.1 Å². The van der Waals surface area contributed by atoms with Gasteiger partial charge < -0.3 is 14.7 Å². The van der Waals surface area contributed by atoms with E-state index in [1.807, 2.05) is 24.3 Å². The number of hydrogen-bond donors (Lipinski definition) is 1. The van der Waals surface area contributed by atoms with Crippen LogP contribution in [0.3, 0.4) is 0 Å². The number of fused-ring (bicyclic) bond motifs is 1. The number of benzene rings is 1. The van der Waals surface area contributed by atoms with E-state index in [4.69, 9.17) is 14.7 Å². The second-order valence-corrected chi connectivity index (χ2v) is 4.72. The van der Waals surface area contributed by atoms with Crippen LogP contribution in [0.15, 0.2) is 39.5 Å². The number of aromatic nitrogens is 2. The van der Waals surface area contributed by atoms with E-state index in [0.29, 0.717) is 11.7 Å². The molecular weight excluding hydrogens is 230 g/mol. The fraction of sp³-hybridized carbons (Fsp3) is 0.231. The lowest BCUT2D eigenvalue weighted by molar-refractivity contribution is 0.348. The summed E-state index contributed by atoms with van der Waals surface area (Å²) >= 11 is 0. The summed E-state index contributed by atoms with van der Waals surface area (Å²) in [4.78, 5) is 4.37. The molecule has 0 radical (unpaired) electrons. The van der Waals surface area contributed by atoms with E-state index in [0.717, 1.165) is 29.4 Å². The molecule has 90 valence electrons. The SMILES string of the molecule is NC1(c2nc(-c3coc4ccccc34)no2)CC1. The topological polar surface area (TPSA) is 78.1 Å². The normalized spacial score (nSPS) is 17.2. The largest absolute Gasteiger partial charge is 0.464 e. The molecule has 4 rings (SSSR count). The summed E-state index contributed by atoms with van der Waals surface area (Å²) in [5.41, 5.74) is 7.28. The molecule has 2 aromatic heterocycles. The van der Waals surface area contributed by atoms with Crippen molar-refractivity contribution in [3.8, 4) is 11.4 Å². The van der Waals surface area contributed by atoms with Crippen molar-refractivity contribution in [1.29, 1.82) is 0 Å². The Balaban J connectivity index is 1.85. The van der Waals surface area contributed by atoms with Crippen molar-refractivity contribution in [1.82, 2.24) is 10.1 Å². The summed E-state index contributed by atoms with van der Waals surface area (Å²) in [6.07, 6.45) is 3.46. The molecule has 5 nitrogen and oxygen atoms in total. The number of para-hydroxylation sites is 1. The highest BCUT2D eigenvalue weighted by Crippen LogP contribution is 2.42. The lowest BCUT2D eigenvalue weighted by Crippen LogP contribution is -2.18. The van der Waals surface area contributed by atoms with Crippen molar-refractivity contribution in [2.45, 2.75) is 18.4 Å². The second-order valence-electron chi connectivity index (χ2n) is 4.72. The highest BCUT2D eigenvalue weighted by Gasteiger charge is 2.45. The zero-order valence-corrected chi connectivity index (χ0v) is 9.59. The van der Waals surface area contributed by atoms with E-state index in [-0.39, 0.29) is 0 Å². The summed E-state index contributed by atoms with van der Waals surface area (Å²) in [6, 6.07) is 7.76. The Morgan fingerprint density at radius 1 is 1.22 bits per heavy atom. The Hall–Kier alpha value is -2.14. The van der Waals surface area contributed by atoms with Gasteiger partial charge in [-0.15, -0.1) is 0 Å². The molecule has 1 aromatic carbocycles. The standard InChI is InChI=1S/C13H11N3O2/c14-13(5-6-13)12-15-11(16-18-12)9-7-17-10-4-2-1-3-8(9)10/h1-4,7H,5-6,14H2. The molecule has 0 saturated heterocycles. The molecule has 0 unspecified atom stereocenters. The first-order valence-corrected chi connectivity index (χ1v) is 5.86. The van der Waals surface area contributed by atoms with Crippen LogP contribution in [-0.4, -0.2) is 10.1 Å². The minimum Gasteiger partial charge on any atom is -0.464 e. The molecule has 0 aliphatic heterocycles. The van der Waals surface area contributed by atoms with E-state index in [1.54, 1.807) is 6.26 Å². The number of rotatable bonds is 2. The van der Waals surface area contributed by atoms with Gasteiger partial charge in [-0.3, -0.25) is 0 Å². The van der Waals surface area contributed by atoms with Gasteiger partial charge in [0.2, 0.25) is 11.7 Å². The van der Waals surface area contributed by atoms with Crippen LogP contribution in [0.5, 0.6) is 0 Å². The van der Waals surface area contributed by atoms with Gasteiger partial charge >= 0.3 is 0 Å². The zero-order valence-electron chi connectivity index (χ0n) is 9.59. The quantitative estimate of drug-likeness (QED) is 0.745. The van der Waals surface area contributed by atoms with Gasteiger partial charge in [-0.2, -0.15) is 4.98 Å². The monoisotopic (exact) mass is 241 g/mol. The van der Waals surface area contributed by atoms with Crippen LogP contribution < -0.4 is 5.73 Å². The van der Waals surface area contributed by atoms with Crippen LogP contribution >= 0.6 is 0 Å². The fourth-order valence-corrected chi connectivity index (χ4v) is 2.03. The molecule has 2 N–H and O–H groups in total. The smallest absolute Gasteiger partial charge is 0.247 e. The first kappa shape index (κ1) is 9.85.